The second kappa shape index (κ2) is 4.70. The van der Waals surface area contributed by atoms with E-state index in [-0.39, 0.29) is 6.04 Å². The van der Waals surface area contributed by atoms with E-state index in [0.29, 0.717) is 5.82 Å². The van der Waals surface area contributed by atoms with Crippen LogP contribution in [0.3, 0.4) is 0 Å². The van der Waals surface area contributed by atoms with Gasteiger partial charge < -0.3 is 5.73 Å². The molecule has 1 atom stereocenters. The first-order chi connectivity index (χ1) is 7.66. The van der Waals surface area contributed by atoms with E-state index in [1.54, 1.807) is 6.20 Å². The standard InChI is InChI=1S/C12H14BrN3/c1-9(16-12(14)6-7-15-16)8-10-2-4-11(13)5-3-10/h2-7,9H,8,14H2,1H3. The Kier molecular flexibility index (Phi) is 3.29. The minimum atomic E-state index is 0.274. The first-order valence-electron chi connectivity index (χ1n) is 5.20. The van der Waals surface area contributed by atoms with Crippen molar-refractivity contribution in [3.8, 4) is 0 Å². The third kappa shape index (κ3) is 2.44. The lowest BCUT2D eigenvalue weighted by Crippen LogP contribution is -2.12. The van der Waals surface area contributed by atoms with Gasteiger partial charge in [0.05, 0.1) is 12.2 Å². The molecule has 84 valence electrons. The molecule has 4 heteroatoms. The van der Waals surface area contributed by atoms with Crippen molar-refractivity contribution in [1.82, 2.24) is 9.78 Å². The summed E-state index contributed by atoms with van der Waals surface area (Å²) in [6.07, 6.45) is 2.66. The molecule has 0 spiro atoms. The number of hydrogen-bond acceptors (Lipinski definition) is 2. The largest absolute Gasteiger partial charge is 0.384 e. The maximum absolute atomic E-state index is 5.81. The lowest BCUT2D eigenvalue weighted by atomic mass is 10.1. The van der Waals surface area contributed by atoms with Gasteiger partial charge in [0.2, 0.25) is 0 Å². The van der Waals surface area contributed by atoms with E-state index in [1.807, 2.05) is 10.7 Å². The lowest BCUT2D eigenvalue weighted by molar-refractivity contribution is 0.496. The van der Waals surface area contributed by atoms with E-state index < -0.39 is 0 Å². The van der Waals surface area contributed by atoms with Crippen molar-refractivity contribution in [1.29, 1.82) is 0 Å². The minimum Gasteiger partial charge on any atom is -0.384 e. The van der Waals surface area contributed by atoms with E-state index in [2.05, 4.69) is 52.2 Å². The number of nitrogens with zero attached hydrogens (tertiary/aromatic N) is 2. The number of nitrogens with two attached hydrogens (primary N) is 1. The maximum Gasteiger partial charge on any atom is 0.121 e. The van der Waals surface area contributed by atoms with Gasteiger partial charge in [-0.1, -0.05) is 28.1 Å². The number of anilines is 1. The van der Waals surface area contributed by atoms with E-state index in [9.17, 15) is 0 Å². The summed E-state index contributed by atoms with van der Waals surface area (Å²) < 4.78 is 2.95. The molecule has 1 aromatic heterocycles. The molecule has 2 N–H and O–H groups in total. The van der Waals surface area contributed by atoms with Gasteiger partial charge in [-0.2, -0.15) is 5.10 Å². The second-order valence-electron chi connectivity index (χ2n) is 3.88. The van der Waals surface area contributed by atoms with Gasteiger partial charge in [0, 0.05) is 4.47 Å². The number of hydrogen-bond donors (Lipinski definition) is 1. The molecule has 1 unspecified atom stereocenters. The average molecular weight is 280 g/mol. The van der Waals surface area contributed by atoms with Crippen LogP contribution in [0.1, 0.15) is 18.5 Å². The smallest absolute Gasteiger partial charge is 0.121 e. The molecule has 0 fully saturated rings. The summed E-state index contributed by atoms with van der Waals surface area (Å²) in [5.74, 6) is 0.713. The molecule has 0 saturated heterocycles. The van der Waals surface area contributed by atoms with E-state index >= 15 is 0 Å². The van der Waals surface area contributed by atoms with Crippen molar-refractivity contribution in [3.05, 3.63) is 46.6 Å². The van der Waals surface area contributed by atoms with Crippen LogP contribution < -0.4 is 5.73 Å². The van der Waals surface area contributed by atoms with E-state index in [4.69, 9.17) is 5.73 Å². The zero-order valence-electron chi connectivity index (χ0n) is 9.10. The van der Waals surface area contributed by atoms with Gasteiger partial charge in [-0.15, -0.1) is 0 Å². The molecule has 0 radical (unpaired) electrons. The molecular formula is C12H14BrN3. The fourth-order valence-electron chi connectivity index (χ4n) is 1.74. The summed E-state index contributed by atoms with van der Waals surface area (Å²) in [5.41, 5.74) is 7.10. The highest BCUT2D eigenvalue weighted by Crippen LogP contribution is 2.18. The Labute approximate surface area is 103 Å². The first kappa shape index (κ1) is 11.2. The molecule has 0 bridgehead atoms. The van der Waals surface area contributed by atoms with Crippen LogP contribution in [0.5, 0.6) is 0 Å². The highest BCUT2D eigenvalue weighted by molar-refractivity contribution is 9.10. The van der Waals surface area contributed by atoms with Crippen molar-refractivity contribution in [3.63, 3.8) is 0 Å². The zero-order chi connectivity index (χ0) is 11.5. The average Bonchev–Trinajstić information content (AvgIpc) is 2.68. The third-order valence-corrected chi connectivity index (χ3v) is 3.09. The molecule has 0 aliphatic carbocycles. The highest BCUT2D eigenvalue weighted by atomic mass is 79.9. The molecule has 3 nitrogen and oxygen atoms in total. The SMILES string of the molecule is CC(Cc1ccc(Br)cc1)n1nccc1N. The number of nitrogen functional groups attached to an aromatic ring is 1. The molecule has 0 amide bonds. The zero-order valence-corrected chi connectivity index (χ0v) is 10.7. The molecule has 2 aromatic rings. The third-order valence-electron chi connectivity index (χ3n) is 2.56. The van der Waals surface area contributed by atoms with Crippen molar-refractivity contribution in [2.75, 3.05) is 5.73 Å². The highest BCUT2D eigenvalue weighted by Gasteiger charge is 2.08. The second-order valence-corrected chi connectivity index (χ2v) is 4.80. The fraction of sp³-hybridized carbons (Fsp3) is 0.250. The molecular weight excluding hydrogens is 266 g/mol. The Hall–Kier alpha value is -1.29. The molecule has 2 rings (SSSR count). The Balaban J connectivity index is 2.10. The van der Waals surface area contributed by atoms with Crippen LogP contribution in [0.2, 0.25) is 0 Å². The van der Waals surface area contributed by atoms with Crippen LogP contribution in [0.4, 0.5) is 5.82 Å². The summed E-state index contributed by atoms with van der Waals surface area (Å²) in [6.45, 7) is 2.12. The fourth-order valence-corrected chi connectivity index (χ4v) is 2.01. The monoisotopic (exact) mass is 279 g/mol. The van der Waals surface area contributed by atoms with E-state index in [1.165, 1.54) is 5.56 Å². The number of benzene rings is 1. The van der Waals surface area contributed by atoms with Crippen molar-refractivity contribution in [2.24, 2.45) is 0 Å². The first-order valence-corrected chi connectivity index (χ1v) is 5.99. The van der Waals surface area contributed by atoms with Crippen LogP contribution in [-0.2, 0) is 6.42 Å². The number of halogens is 1. The van der Waals surface area contributed by atoms with Gasteiger partial charge >= 0.3 is 0 Å². The summed E-state index contributed by atoms with van der Waals surface area (Å²) in [6, 6.07) is 10.4. The molecule has 0 saturated carbocycles. The minimum absolute atomic E-state index is 0.274. The lowest BCUT2D eigenvalue weighted by Gasteiger charge is -2.13. The quantitative estimate of drug-likeness (QED) is 0.939. The molecule has 0 aliphatic heterocycles. The van der Waals surface area contributed by atoms with Crippen molar-refractivity contribution in [2.45, 2.75) is 19.4 Å². The van der Waals surface area contributed by atoms with Crippen molar-refractivity contribution < 1.29 is 0 Å². The van der Waals surface area contributed by atoms with Gasteiger partial charge in [0.1, 0.15) is 5.82 Å². The van der Waals surface area contributed by atoms with Crippen LogP contribution in [0.25, 0.3) is 0 Å². The maximum atomic E-state index is 5.81. The molecule has 1 heterocycles. The Morgan fingerprint density at radius 1 is 1.31 bits per heavy atom. The van der Waals surface area contributed by atoms with Crippen molar-refractivity contribution >= 4 is 21.7 Å². The van der Waals surface area contributed by atoms with Gasteiger partial charge in [0.25, 0.3) is 0 Å². The number of aromatic nitrogens is 2. The summed E-state index contributed by atoms with van der Waals surface area (Å²) in [4.78, 5) is 0. The van der Waals surface area contributed by atoms with Crippen LogP contribution in [0, 0.1) is 0 Å². The topological polar surface area (TPSA) is 43.8 Å². The molecule has 0 aliphatic rings. The predicted molar refractivity (Wildman–Crippen MR) is 69.2 cm³/mol. The predicted octanol–water partition coefficient (Wildman–Crippen LogP) is 3.03. The Morgan fingerprint density at radius 3 is 2.56 bits per heavy atom. The van der Waals surface area contributed by atoms with Gasteiger partial charge in [-0.05, 0) is 37.1 Å². The Morgan fingerprint density at radius 2 is 2.00 bits per heavy atom. The van der Waals surface area contributed by atoms with Crippen LogP contribution >= 0.6 is 15.9 Å². The summed E-state index contributed by atoms with van der Waals surface area (Å²) >= 11 is 3.42. The Bertz CT molecular complexity index is 461. The van der Waals surface area contributed by atoms with E-state index in [0.717, 1.165) is 10.9 Å². The normalized spacial score (nSPS) is 12.6. The summed E-state index contributed by atoms with van der Waals surface area (Å²) in [7, 11) is 0. The van der Waals surface area contributed by atoms with Gasteiger partial charge in [-0.3, -0.25) is 0 Å². The van der Waals surface area contributed by atoms with Crippen LogP contribution in [0.15, 0.2) is 41.0 Å². The van der Waals surface area contributed by atoms with Gasteiger partial charge in [0.15, 0.2) is 0 Å². The summed E-state index contributed by atoms with van der Waals surface area (Å²) in [5, 5.41) is 4.21. The molecule has 1 aromatic carbocycles. The van der Waals surface area contributed by atoms with Crippen LogP contribution in [-0.4, -0.2) is 9.78 Å². The molecule has 16 heavy (non-hydrogen) atoms. The van der Waals surface area contributed by atoms with Gasteiger partial charge in [-0.25, -0.2) is 4.68 Å². The number of rotatable bonds is 3.